The van der Waals surface area contributed by atoms with Gasteiger partial charge in [0.1, 0.15) is 0 Å². The number of hydrogen-bond acceptors (Lipinski definition) is 3. The number of hydrogen-bond donors (Lipinski definition) is 2. The van der Waals surface area contributed by atoms with Crippen LogP contribution in [0.4, 0.5) is 17.1 Å². The first-order chi connectivity index (χ1) is 9.24. The first kappa shape index (κ1) is 12.0. The molecule has 3 nitrogen and oxygen atoms in total. The van der Waals surface area contributed by atoms with E-state index >= 15 is 0 Å². The number of fused-ring (bicyclic) bond motifs is 1. The molecule has 0 saturated heterocycles. The highest BCUT2D eigenvalue weighted by Crippen LogP contribution is 2.29. The molecule has 0 bridgehead atoms. The van der Waals surface area contributed by atoms with Gasteiger partial charge >= 0.3 is 0 Å². The van der Waals surface area contributed by atoms with Gasteiger partial charge in [-0.3, -0.25) is 4.98 Å². The molecule has 0 atom stereocenters. The van der Waals surface area contributed by atoms with Crippen molar-refractivity contribution >= 4 is 43.9 Å². The lowest BCUT2D eigenvalue weighted by Gasteiger charge is -2.10. The molecule has 0 aliphatic heterocycles. The maximum Gasteiger partial charge on any atom is 0.0957 e. The third-order valence-electron chi connectivity index (χ3n) is 2.91. The standard InChI is InChI=1S/C15H12BrN3/c16-10-3-1-4-11(9-10)19-14-7-6-13(17)12-5-2-8-18-15(12)14/h1-9,19H,17H2. The monoisotopic (exact) mass is 313 g/mol. The van der Waals surface area contributed by atoms with E-state index in [-0.39, 0.29) is 0 Å². The number of rotatable bonds is 2. The smallest absolute Gasteiger partial charge is 0.0957 e. The molecule has 0 radical (unpaired) electrons. The summed E-state index contributed by atoms with van der Waals surface area (Å²) in [7, 11) is 0. The largest absolute Gasteiger partial charge is 0.398 e. The summed E-state index contributed by atoms with van der Waals surface area (Å²) >= 11 is 3.46. The first-order valence-corrected chi connectivity index (χ1v) is 6.69. The zero-order chi connectivity index (χ0) is 13.2. The molecular weight excluding hydrogens is 302 g/mol. The highest BCUT2D eigenvalue weighted by atomic mass is 79.9. The van der Waals surface area contributed by atoms with Crippen LogP contribution in [0.2, 0.25) is 0 Å². The molecule has 1 heterocycles. The van der Waals surface area contributed by atoms with Gasteiger partial charge in [0.2, 0.25) is 0 Å². The summed E-state index contributed by atoms with van der Waals surface area (Å²) in [6, 6.07) is 15.7. The van der Waals surface area contributed by atoms with Crippen LogP contribution >= 0.6 is 15.9 Å². The lowest BCUT2D eigenvalue weighted by molar-refractivity contribution is 1.40. The van der Waals surface area contributed by atoms with Gasteiger partial charge in [0, 0.05) is 27.4 Å². The predicted octanol–water partition coefficient (Wildman–Crippen LogP) is 4.32. The number of nitrogens with one attached hydrogen (secondary N) is 1. The van der Waals surface area contributed by atoms with E-state index in [1.807, 2.05) is 48.5 Å². The van der Waals surface area contributed by atoms with Gasteiger partial charge in [-0.2, -0.15) is 0 Å². The van der Waals surface area contributed by atoms with Gasteiger partial charge in [-0.15, -0.1) is 0 Å². The molecule has 0 unspecified atom stereocenters. The molecule has 19 heavy (non-hydrogen) atoms. The SMILES string of the molecule is Nc1ccc(Nc2cccc(Br)c2)c2ncccc12. The number of nitrogens with zero attached hydrogens (tertiary/aromatic N) is 1. The van der Waals surface area contributed by atoms with E-state index in [1.165, 1.54) is 0 Å². The Morgan fingerprint density at radius 2 is 1.95 bits per heavy atom. The van der Waals surface area contributed by atoms with E-state index in [1.54, 1.807) is 6.20 Å². The first-order valence-electron chi connectivity index (χ1n) is 5.90. The molecule has 4 heteroatoms. The van der Waals surface area contributed by atoms with Crippen LogP contribution in [0.15, 0.2) is 59.2 Å². The van der Waals surface area contributed by atoms with Gasteiger partial charge in [-0.05, 0) is 42.5 Å². The molecule has 0 amide bonds. The maximum absolute atomic E-state index is 5.97. The van der Waals surface area contributed by atoms with Crippen molar-refractivity contribution < 1.29 is 0 Å². The number of pyridine rings is 1. The van der Waals surface area contributed by atoms with Crippen molar-refractivity contribution in [1.29, 1.82) is 0 Å². The highest BCUT2D eigenvalue weighted by molar-refractivity contribution is 9.10. The van der Waals surface area contributed by atoms with E-state index in [0.29, 0.717) is 0 Å². The Labute approximate surface area is 119 Å². The third-order valence-corrected chi connectivity index (χ3v) is 3.40. The van der Waals surface area contributed by atoms with Crippen molar-refractivity contribution in [2.24, 2.45) is 0 Å². The van der Waals surface area contributed by atoms with E-state index in [0.717, 1.165) is 32.4 Å². The molecule has 1 aromatic heterocycles. The van der Waals surface area contributed by atoms with Crippen LogP contribution in [-0.2, 0) is 0 Å². The molecular formula is C15H12BrN3. The minimum atomic E-state index is 0.739. The van der Waals surface area contributed by atoms with Gasteiger partial charge in [0.05, 0.1) is 11.2 Å². The van der Waals surface area contributed by atoms with Crippen LogP contribution in [0.3, 0.4) is 0 Å². The van der Waals surface area contributed by atoms with E-state index < -0.39 is 0 Å². The topological polar surface area (TPSA) is 50.9 Å². The summed E-state index contributed by atoms with van der Waals surface area (Å²) < 4.78 is 1.03. The third kappa shape index (κ3) is 2.39. The van der Waals surface area contributed by atoms with Crippen molar-refractivity contribution in [2.45, 2.75) is 0 Å². The molecule has 94 valence electrons. The Morgan fingerprint density at radius 3 is 2.79 bits per heavy atom. The Morgan fingerprint density at radius 1 is 1.05 bits per heavy atom. The molecule has 0 fully saturated rings. The number of aromatic nitrogens is 1. The fourth-order valence-corrected chi connectivity index (χ4v) is 2.42. The predicted molar refractivity (Wildman–Crippen MR) is 83.6 cm³/mol. The lowest BCUT2D eigenvalue weighted by Crippen LogP contribution is -1.95. The Bertz CT molecular complexity index is 740. The Hall–Kier alpha value is -2.07. The summed E-state index contributed by atoms with van der Waals surface area (Å²) in [6.07, 6.45) is 1.77. The zero-order valence-corrected chi connectivity index (χ0v) is 11.7. The number of nitrogen functional groups attached to an aromatic ring is 1. The summed E-state index contributed by atoms with van der Waals surface area (Å²) in [5.74, 6) is 0. The second kappa shape index (κ2) is 4.90. The van der Waals surface area contributed by atoms with Crippen LogP contribution in [0.1, 0.15) is 0 Å². The summed E-state index contributed by atoms with van der Waals surface area (Å²) in [5.41, 5.74) is 9.54. The second-order valence-electron chi connectivity index (χ2n) is 4.24. The molecule has 0 saturated carbocycles. The molecule has 3 rings (SSSR count). The minimum absolute atomic E-state index is 0.739. The molecule has 0 aliphatic rings. The fraction of sp³-hybridized carbons (Fsp3) is 0. The number of nitrogens with two attached hydrogens (primary N) is 1. The minimum Gasteiger partial charge on any atom is -0.398 e. The summed E-state index contributed by atoms with van der Waals surface area (Å²) in [4.78, 5) is 4.41. The van der Waals surface area contributed by atoms with Gasteiger partial charge in [-0.1, -0.05) is 22.0 Å². The average molecular weight is 314 g/mol. The summed E-state index contributed by atoms with van der Waals surface area (Å²) in [6.45, 7) is 0. The van der Waals surface area contributed by atoms with Crippen molar-refractivity contribution in [3.63, 3.8) is 0 Å². The number of halogens is 1. The highest BCUT2D eigenvalue weighted by Gasteiger charge is 2.05. The van der Waals surface area contributed by atoms with Gasteiger partial charge in [0.15, 0.2) is 0 Å². The van der Waals surface area contributed by atoms with Crippen LogP contribution in [0, 0.1) is 0 Å². The van der Waals surface area contributed by atoms with Crippen molar-refractivity contribution in [3.05, 3.63) is 59.2 Å². The fourth-order valence-electron chi connectivity index (χ4n) is 2.02. The van der Waals surface area contributed by atoms with Gasteiger partial charge < -0.3 is 11.1 Å². The van der Waals surface area contributed by atoms with Crippen molar-refractivity contribution in [2.75, 3.05) is 11.1 Å². The van der Waals surface area contributed by atoms with Crippen molar-refractivity contribution in [1.82, 2.24) is 4.98 Å². The second-order valence-corrected chi connectivity index (χ2v) is 5.15. The number of anilines is 3. The van der Waals surface area contributed by atoms with Crippen LogP contribution < -0.4 is 11.1 Å². The Kier molecular flexibility index (Phi) is 3.09. The van der Waals surface area contributed by atoms with Crippen LogP contribution in [-0.4, -0.2) is 4.98 Å². The van der Waals surface area contributed by atoms with Gasteiger partial charge in [0.25, 0.3) is 0 Å². The number of benzene rings is 2. The van der Waals surface area contributed by atoms with Gasteiger partial charge in [-0.25, -0.2) is 0 Å². The van der Waals surface area contributed by atoms with E-state index in [2.05, 4.69) is 26.2 Å². The maximum atomic E-state index is 5.97. The quantitative estimate of drug-likeness (QED) is 0.693. The normalized spacial score (nSPS) is 10.6. The molecule has 2 aromatic carbocycles. The average Bonchev–Trinajstić information content (AvgIpc) is 2.42. The van der Waals surface area contributed by atoms with Crippen LogP contribution in [0.25, 0.3) is 10.9 Å². The molecule has 0 spiro atoms. The zero-order valence-electron chi connectivity index (χ0n) is 10.1. The molecule has 0 aliphatic carbocycles. The van der Waals surface area contributed by atoms with E-state index in [9.17, 15) is 0 Å². The van der Waals surface area contributed by atoms with Crippen molar-refractivity contribution in [3.8, 4) is 0 Å². The van der Waals surface area contributed by atoms with Crippen LogP contribution in [0.5, 0.6) is 0 Å². The van der Waals surface area contributed by atoms with E-state index in [4.69, 9.17) is 5.73 Å². The summed E-state index contributed by atoms with van der Waals surface area (Å²) in [5, 5.41) is 4.33. The molecule has 3 N–H and O–H groups in total. The Balaban J connectivity index is 2.09. The molecule has 3 aromatic rings. The lowest BCUT2D eigenvalue weighted by atomic mass is 10.1.